The lowest BCUT2D eigenvalue weighted by Crippen LogP contribution is -2.07. The standard InChI is InChI=1S/C9H13OS/c1-11(2,10)8-9-6-4-3-5-7-9/h3-7H,8H2,1-2H3/q+1. The highest BCUT2D eigenvalue weighted by atomic mass is 32.2. The van der Waals surface area contributed by atoms with Gasteiger partial charge in [-0.15, -0.1) is 4.21 Å². The molecule has 0 saturated carbocycles. The average Bonchev–Trinajstić information content (AvgIpc) is 1.85. The van der Waals surface area contributed by atoms with E-state index in [9.17, 15) is 4.21 Å². The van der Waals surface area contributed by atoms with Crippen LogP contribution in [0.3, 0.4) is 0 Å². The van der Waals surface area contributed by atoms with Crippen LogP contribution in [0.25, 0.3) is 0 Å². The topological polar surface area (TPSA) is 17.1 Å². The summed E-state index contributed by atoms with van der Waals surface area (Å²) >= 11 is 0. The van der Waals surface area contributed by atoms with Crippen LogP contribution in [0.2, 0.25) is 0 Å². The summed E-state index contributed by atoms with van der Waals surface area (Å²) in [4.78, 5) is 0. The molecule has 0 aliphatic rings. The van der Waals surface area contributed by atoms with Crippen LogP contribution < -0.4 is 0 Å². The molecule has 0 aromatic heterocycles. The number of hydrogen-bond donors (Lipinski definition) is 0. The molecule has 11 heavy (non-hydrogen) atoms. The molecular weight excluding hydrogens is 156 g/mol. The molecule has 0 amide bonds. The van der Waals surface area contributed by atoms with Gasteiger partial charge in [-0.1, -0.05) is 30.3 Å². The van der Waals surface area contributed by atoms with Crippen molar-refractivity contribution < 1.29 is 4.21 Å². The van der Waals surface area contributed by atoms with Crippen molar-refractivity contribution in [2.45, 2.75) is 5.75 Å². The Balaban J connectivity index is 2.74. The largest absolute Gasteiger partial charge is 0.136 e. The Kier molecular flexibility index (Phi) is 2.45. The monoisotopic (exact) mass is 169 g/mol. The third-order valence-electron chi connectivity index (χ3n) is 1.36. The van der Waals surface area contributed by atoms with Crippen molar-refractivity contribution in [3.63, 3.8) is 0 Å². The second kappa shape index (κ2) is 3.18. The van der Waals surface area contributed by atoms with Crippen LogP contribution in [0, 0.1) is 0 Å². The molecule has 0 atom stereocenters. The second-order valence-electron chi connectivity index (χ2n) is 3.07. The normalized spacial score (nSPS) is 11.5. The number of benzene rings is 1. The summed E-state index contributed by atoms with van der Waals surface area (Å²) in [7, 11) is -1.63. The van der Waals surface area contributed by atoms with E-state index in [4.69, 9.17) is 0 Å². The van der Waals surface area contributed by atoms with Crippen molar-refractivity contribution in [1.29, 1.82) is 0 Å². The summed E-state index contributed by atoms with van der Waals surface area (Å²) in [5, 5.41) is 0. The maximum Gasteiger partial charge on any atom is 0.136 e. The number of rotatable bonds is 2. The Bertz CT molecular complexity index is 260. The zero-order chi connectivity index (χ0) is 8.32. The zero-order valence-electron chi connectivity index (χ0n) is 6.91. The molecule has 1 rings (SSSR count). The van der Waals surface area contributed by atoms with Crippen LogP contribution in [0.4, 0.5) is 0 Å². The maximum absolute atomic E-state index is 11.4. The third-order valence-corrected chi connectivity index (χ3v) is 2.39. The predicted molar refractivity (Wildman–Crippen MR) is 50.0 cm³/mol. The van der Waals surface area contributed by atoms with E-state index in [0.717, 1.165) is 5.56 Å². The first-order valence-electron chi connectivity index (χ1n) is 3.54. The summed E-state index contributed by atoms with van der Waals surface area (Å²) < 4.78 is 11.4. The molecule has 0 unspecified atom stereocenters. The second-order valence-corrected chi connectivity index (χ2v) is 6.23. The van der Waals surface area contributed by atoms with E-state index in [-0.39, 0.29) is 0 Å². The van der Waals surface area contributed by atoms with Crippen LogP contribution in [0.1, 0.15) is 5.56 Å². The molecule has 0 fully saturated rings. The van der Waals surface area contributed by atoms with Crippen LogP contribution in [-0.4, -0.2) is 12.5 Å². The average molecular weight is 169 g/mol. The van der Waals surface area contributed by atoms with Crippen molar-refractivity contribution in [2.24, 2.45) is 0 Å². The molecular formula is C9H13OS+. The molecule has 1 nitrogen and oxygen atoms in total. The molecule has 0 spiro atoms. The first-order valence-corrected chi connectivity index (χ1v) is 6.08. The summed E-state index contributed by atoms with van der Waals surface area (Å²) in [6.45, 7) is 0. The summed E-state index contributed by atoms with van der Waals surface area (Å²) in [5.74, 6) is 0.688. The summed E-state index contributed by atoms with van der Waals surface area (Å²) in [6.07, 6.45) is 3.58. The van der Waals surface area contributed by atoms with Crippen LogP contribution in [0.5, 0.6) is 0 Å². The van der Waals surface area contributed by atoms with E-state index in [0.29, 0.717) is 5.75 Å². The molecule has 0 bridgehead atoms. The van der Waals surface area contributed by atoms with Gasteiger partial charge >= 0.3 is 0 Å². The number of hydrogen-bond acceptors (Lipinski definition) is 1. The Morgan fingerprint density at radius 3 is 2.18 bits per heavy atom. The van der Waals surface area contributed by atoms with Gasteiger partial charge in [0.05, 0.1) is 9.93 Å². The fourth-order valence-electron chi connectivity index (χ4n) is 0.976. The van der Waals surface area contributed by atoms with Gasteiger partial charge in [0.25, 0.3) is 0 Å². The summed E-state index contributed by atoms with van der Waals surface area (Å²) in [6, 6.07) is 9.93. The highest BCUT2D eigenvalue weighted by Crippen LogP contribution is 2.07. The van der Waals surface area contributed by atoms with Crippen molar-refractivity contribution in [2.75, 3.05) is 12.5 Å². The smallest absolute Gasteiger partial charge is 0.106 e. The highest BCUT2D eigenvalue weighted by molar-refractivity contribution is 8.00. The minimum absolute atomic E-state index is 0.688. The quantitative estimate of drug-likeness (QED) is 0.618. The first kappa shape index (κ1) is 8.47. The lowest BCUT2D eigenvalue weighted by molar-refractivity contribution is 0.590. The van der Waals surface area contributed by atoms with Crippen LogP contribution in [-0.2, 0) is 19.9 Å². The van der Waals surface area contributed by atoms with Crippen LogP contribution >= 0.6 is 0 Å². The molecule has 0 aliphatic heterocycles. The lowest BCUT2D eigenvalue weighted by atomic mass is 10.2. The van der Waals surface area contributed by atoms with Crippen molar-refractivity contribution in [3.8, 4) is 0 Å². The van der Waals surface area contributed by atoms with E-state index in [1.807, 2.05) is 30.3 Å². The Labute approximate surface area is 68.9 Å². The minimum atomic E-state index is -1.63. The Hall–Kier alpha value is -0.630. The minimum Gasteiger partial charge on any atom is -0.106 e. The van der Waals surface area contributed by atoms with E-state index in [1.165, 1.54) is 0 Å². The highest BCUT2D eigenvalue weighted by Gasteiger charge is 2.12. The van der Waals surface area contributed by atoms with E-state index >= 15 is 0 Å². The molecule has 2 heteroatoms. The van der Waals surface area contributed by atoms with Gasteiger partial charge in [0.15, 0.2) is 0 Å². The summed E-state index contributed by atoms with van der Waals surface area (Å²) in [5.41, 5.74) is 1.16. The fourth-order valence-corrected chi connectivity index (χ4v) is 1.97. The molecule has 1 aromatic rings. The van der Waals surface area contributed by atoms with Gasteiger partial charge in [0, 0.05) is 5.56 Å². The van der Waals surface area contributed by atoms with Gasteiger partial charge in [0.2, 0.25) is 0 Å². The van der Waals surface area contributed by atoms with Crippen molar-refractivity contribution in [1.82, 2.24) is 0 Å². The molecule has 1 aromatic carbocycles. The fraction of sp³-hybridized carbons (Fsp3) is 0.333. The van der Waals surface area contributed by atoms with E-state index < -0.39 is 9.93 Å². The Morgan fingerprint density at radius 1 is 1.18 bits per heavy atom. The third kappa shape index (κ3) is 3.33. The molecule has 0 N–H and O–H groups in total. The predicted octanol–water partition coefficient (Wildman–Crippen LogP) is 1.95. The van der Waals surface area contributed by atoms with Gasteiger partial charge in [-0.25, -0.2) is 0 Å². The van der Waals surface area contributed by atoms with Gasteiger partial charge in [0.1, 0.15) is 18.3 Å². The zero-order valence-corrected chi connectivity index (χ0v) is 7.73. The molecule has 0 radical (unpaired) electrons. The van der Waals surface area contributed by atoms with E-state index in [1.54, 1.807) is 12.5 Å². The van der Waals surface area contributed by atoms with Crippen LogP contribution in [0.15, 0.2) is 30.3 Å². The van der Waals surface area contributed by atoms with Gasteiger partial charge in [-0.3, -0.25) is 0 Å². The maximum atomic E-state index is 11.4. The molecule has 0 heterocycles. The van der Waals surface area contributed by atoms with Gasteiger partial charge in [-0.05, 0) is 0 Å². The van der Waals surface area contributed by atoms with Crippen molar-refractivity contribution in [3.05, 3.63) is 35.9 Å². The molecule has 0 aliphatic carbocycles. The van der Waals surface area contributed by atoms with Gasteiger partial charge < -0.3 is 0 Å². The van der Waals surface area contributed by atoms with E-state index in [2.05, 4.69) is 0 Å². The molecule has 60 valence electrons. The first-order chi connectivity index (χ1) is 5.08. The van der Waals surface area contributed by atoms with Crippen molar-refractivity contribution >= 4 is 9.93 Å². The SMILES string of the molecule is C[S+](C)(=O)Cc1ccccc1. The molecule has 0 saturated heterocycles. The lowest BCUT2D eigenvalue weighted by Gasteiger charge is -1.99. The Morgan fingerprint density at radius 2 is 1.73 bits per heavy atom. The van der Waals surface area contributed by atoms with Gasteiger partial charge in [-0.2, -0.15) is 0 Å².